The zero-order valence-corrected chi connectivity index (χ0v) is 18.1. The summed E-state index contributed by atoms with van der Waals surface area (Å²) in [6.45, 7) is 1.59. The minimum atomic E-state index is -0.538. The molecule has 0 radical (unpaired) electrons. The van der Waals surface area contributed by atoms with Crippen LogP contribution in [-0.4, -0.2) is 34.1 Å². The number of hydrogen-bond donors (Lipinski definition) is 1. The van der Waals surface area contributed by atoms with Crippen LogP contribution in [0.3, 0.4) is 0 Å². The number of hydrogen-bond acceptors (Lipinski definition) is 5. The Hall–Kier alpha value is -3.45. The first kappa shape index (κ1) is 21.4. The smallest absolute Gasteiger partial charge is 0.212 e. The standard InChI is InChI=1S/C26H24F2N4O/c27-24-8-5-18(14-31-24)17-4-7-23-21(13-17)26(33-12-10-20-3-1-2-11-29-20)22(16-30-23)19-6-9-25(28)32-15-19/h4-9,13-16,20,29H,1-3,10-12H2/t20-/m1/s1. The van der Waals surface area contributed by atoms with E-state index in [0.29, 0.717) is 18.4 Å². The van der Waals surface area contributed by atoms with Gasteiger partial charge in [0, 0.05) is 46.7 Å². The van der Waals surface area contributed by atoms with E-state index in [0.717, 1.165) is 52.5 Å². The molecule has 1 N–H and O–H groups in total. The van der Waals surface area contributed by atoms with Gasteiger partial charge < -0.3 is 10.1 Å². The molecular formula is C26H24F2N4O. The Morgan fingerprint density at radius 1 is 0.848 bits per heavy atom. The van der Waals surface area contributed by atoms with Crippen LogP contribution < -0.4 is 10.1 Å². The van der Waals surface area contributed by atoms with E-state index >= 15 is 0 Å². The summed E-state index contributed by atoms with van der Waals surface area (Å²) in [7, 11) is 0. The largest absolute Gasteiger partial charge is 0.492 e. The van der Waals surface area contributed by atoms with Gasteiger partial charge in [-0.05, 0) is 67.8 Å². The Morgan fingerprint density at radius 3 is 2.30 bits per heavy atom. The molecule has 1 aliphatic rings. The van der Waals surface area contributed by atoms with Gasteiger partial charge in [-0.3, -0.25) is 4.98 Å². The lowest BCUT2D eigenvalue weighted by Gasteiger charge is -2.24. The molecule has 168 valence electrons. The summed E-state index contributed by atoms with van der Waals surface area (Å²) < 4.78 is 33.1. The monoisotopic (exact) mass is 446 g/mol. The highest BCUT2D eigenvalue weighted by Crippen LogP contribution is 2.37. The first-order valence-corrected chi connectivity index (χ1v) is 11.2. The topological polar surface area (TPSA) is 59.9 Å². The van der Waals surface area contributed by atoms with Gasteiger partial charge in [-0.1, -0.05) is 12.5 Å². The number of piperidine rings is 1. The van der Waals surface area contributed by atoms with Crippen molar-refractivity contribution in [2.24, 2.45) is 0 Å². The van der Waals surface area contributed by atoms with Crippen molar-refractivity contribution in [2.75, 3.05) is 13.2 Å². The van der Waals surface area contributed by atoms with E-state index in [1.807, 2.05) is 18.2 Å². The average Bonchev–Trinajstić information content (AvgIpc) is 2.85. The van der Waals surface area contributed by atoms with Crippen LogP contribution in [0.2, 0.25) is 0 Å². The van der Waals surface area contributed by atoms with E-state index in [9.17, 15) is 8.78 Å². The molecule has 4 heterocycles. The number of benzene rings is 1. The summed E-state index contributed by atoms with van der Waals surface area (Å²) >= 11 is 0. The van der Waals surface area contributed by atoms with Gasteiger partial charge in [0.1, 0.15) is 5.75 Å². The molecule has 1 aliphatic heterocycles. The van der Waals surface area contributed by atoms with Crippen molar-refractivity contribution in [3.8, 4) is 28.0 Å². The number of halogens is 2. The second-order valence-electron chi connectivity index (χ2n) is 8.26. The van der Waals surface area contributed by atoms with Crippen LogP contribution in [0.1, 0.15) is 25.7 Å². The number of nitrogens with one attached hydrogen (secondary N) is 1. The summed E-state index contributed by atoms with van der Waals surface area (Å²) in [4.78, 5) is 12.2. The third kappa shape index (κ3) is 4.83. The molecule has 0 aliphatic carbocycles. The normalized spacial score (nSPS) is 16.1. The van der Waals surface area contributed by atoms with Gasteiger partial charge >= 0.3 is 0 Å². The van der Waals surface area contributed by atoms with Crippen LogP contribution in [0.15, 0.2) is 61.1 Å². The Balaban J connectivity index is 1.54. The van der Waals surface area contributed by atoms with Gasteiger partial charge in [0.2, 0.25) is 11.9 Å². The maximum atomic E-state index is 13.4. The first-order valence-electron chi connectivity index (χ1n) is 11.2. The molecule has 5 nitrogen and oxygen atoms in total. The first-order chi connectivity index (χ1) is 16.2. The second-order valence-corrected chi connectivity index (χ2v) is 8.26. The van der Waals surface area contributed by atoms with E-state index in [2.05, 4.69) is 20.3 Å². The lowest BCUT2D eigenvalue weighted by molar-refractivity contribution is 0.271. The highest BCUT2D eigenvalue weighted by Gasteiger charge is 2.17. The highest BCUT2D eigenvalue weighted by molar-refractivity contribution is 5.94. The Morgan fingerprint density at radius 2 is 1.61 bits per heavy atom. The third-order valence-electron chi connectivity index (χ3n) is 6.04. The Kier molecular flexibility index (Phi) is 6.21. The predicted octanol–water partition coefficient (Wildman–Crippen LogP) is 5.55. The van der Waals surface area contributed by atoms with Crippen LogP contribution >= 0.6 is 0 Å². The minimum Gasteiger partial charge on any atom is -0.492 e. The van der Waals surface area contributed by atoms with Crippen molar-refractivity contribution in [1.29, 1.82) is 0 Å². The number of rotatable bonds is 6. The van der Waals surface area contributed by atoms with Crippen LogP contribution in [0.5, 0.6) is 5.75 Å². The fraction of sp³-hybridized carbons (Fsp3) is 0.269. The minimum absolute atomic E-state index is 0.448. The van der Waals surface area contributed by atoms with E-state index in [4.69, 9.17) is 4.74 Å². The Bertz CT molecular complexity index is 1230. The maximum absolute atomic E-state index is 13.4. The molecule has 7 heteroatoms. The van der Waals surface area contributed by atoms with Crippen molar-refractivity contribution in [3.63, 3.8) is 0 Å². The van der Waals surface area contributed by atoms with Gasteiger partial charge in [0.15, 0.2) is 0 Å². The zero-order valence-electron chi connectivity index (χ0n) is 18.1. The number of nitrogens with zero attached hydrogens (tertiary/aromatic N) is 3. The molecule has 5 rings (SSSR count). The molecule has 0 unspecified atom stereocenters. The molecule has 1 fully saturated rings. The molecule has 1 saturated heterocycles. The fourth-order valence-corrected chi connectivity index (χ4v) is 4.26. The van der Waals surface area contributed by atoms with Crippen molar-refractivity contribution in [3.05, 3.63) is 73.0 Å². The number of fused-ring (bicyclic) bond motifs is 1. The molecule has 33 heavy (non-hydrogen) atoms. The fourth-order valence-electron chi connectivity index (χ4n) is 4.26. The summed E-state index contributed by atoms with van der Waals surface area (Å²) in [5.41, 5.74) is 3.93. The van der Waals surface area contributed by atoms with Gasteiger partial charge in [-0.25, -0.2) is 9.97 Å². The van der Waals surface area contributed by atoms with E-state index < -0.39 is 11.9 Å². The molecule has 0 saturated carbocycles. The quantitative estimate of drug-likeness (QED) is 0.394. The lowest BCUT2D eigenvalue weighted by Crippen LogP contribution is -2.35. The predicted molar refractivity (Wildman–Crippen MR) is 124 cm³/mol. The van der Waals surface area contributed by atoms with Crippen LogP contribution in [0.25, 0.3) is 33.2 Å². The highest BCUT2D eigenvalue weighted by atomic mass is 19.1. The number of pyridine rings is 3. The van der Waals surface area contributed by atoms with Gasteiger partial charge in [0.05, 0.1) is 12.1 Å². The second kappa shape index (κ2) is 9.58. The van der Waals surface area contributed by atoms with Crippen LogP contribution in [0.4, 0.5) is 8.78 Å². The summed E-state index contributed by atoms with van der Waals surface area (Å²) in [5.74, 6) is -0.377. The molecule has 0 bridgehead atoms. The van der Waals surface area contributed by atoms with Crippen LogP contribution in [0, 0.1) is 11.9 Å². The van der Waals surface area contributed by atoms with Crippen molar-refractivity contribution < 1.29 is 13.5 Å². The molecule has 4 aromatic rings. The maximum Gasteiger partial charge on any atom is 0.212 e. The van der Waals surface area contributed by atoms with Crippen molar-refractivity contribution >= 4 is 10.9 Å². The van der Waals surface area contributed by atoms with E-state index in [1.165, 1.54) is 37.4 Å². The molecule has 0 amide bonds. The van der Waals surface area contributed by atoms with E-state index in [1.54, 1.807) is 18.3 Å². The van der Waals surface area contributed by atoms with Gasteiger partial charge in [0.25, 0.3) is 0 Å². The molecule has 0 spiro atoms. The zero-order chi connectivity index (χ0) is 22.6. The molecule has 1 atom stereocenters. The number of aromatic nitrogens is 3. The summed E-state index contributed by atoms with van der Waals surface area (Å²) in [5, 5.41) is 4.38. The van der Waals surface area contributed by atoms with Gasteiger partial charge in [-0.2, -0.15) is 8.78 Å². The average molecular weight is 447 g/mol. The van der Waals surface area contributed by atoms with E-state index in [-0.39, 0.29) is 0 Å². The Labute approximate surface area is 190 Å². The third-order valence-corrected chi connectivity index (χ3v) is 6.04. The SMILES string of the molecule is Fc1ccc(-c2ccc3ncc(-c4ccc(F)nc4)c(OCC[C@H]4CCCCN4)c3c2)cn1. The van der Waals surface area contributed by atoms with Crippen LogP contribution in [-0.2, 0) is 0 Å². The van der Waals surface area contributed by atoms with Crippen molar-refractivity contribution in [1.82, 2.24) is 20.3 Å². The summed E-state index contributed by atoms with van der Waals surface area (Å²) in [6, 6.07) is 12.3. The molecule has 3 aromatic heterocycles. The molecular weight excluding hydrogens is 422 g/mol. The van der Waals surface area contributed by atoms with Crippen molar-refractivity contribution in [2.45, 2.75) is 31.7 Å². The molecule has 1 aromatic carbocycles. The number of ether oxygens (including phenoxy) is 1. The lowest BCUT2D eigenvalue weighted by atomic mass is 10.0. The summed E-state index contributed by atoms with van der Waals surface area (Å²) in [6.07, 6.45) is 9.23. The van der Waals surface area contributed by atoms with Gasteiger partial charge in [-0.15, -0.1) is 0 Å².